The second-order valence-corrected chi connectivity index (χ2v) is 11.0. The van der Waals surface area contributed by atoms with E-state index in [9.17, 15) is 9.59 Å². The average molecular weight is 543 g/mol. The molecule has 1 fully saturated rings. The van der Waals surface area contributed by atoms with Gasteiger partial charge in [0.25, 0.3) is 11.8 Å². The number of morpholine rings is 1. The highest BCUT2D eigenvalue weighted by Gasteiger charge is 2.35. The van der Waals surface area contributed by atoms with Gasteiger partial charge in [-0.15, -0.1) is 22.7 Å². The quantitative estimate of drug-likeness (QED) is 0.417. The molecule has 0 bridgehead atoms. The van der Waals surface area contributed by atoms with Gasteiger partial charge in [-0.2, -0.15) is 5.10 Å². The van der Waals surface area contributed by atoms with Crippen LogP contribution in [0.25, 0.3) is 0 Å². The van der Waals surface area contributed by atoms with Crippen molar-refractivity contribution < 1.29 is 14.3 Å². The first-order valence-corrected chi connectivity index (χ1v) is 14.0. The molecule has 10 heteroatoms. The van der Waals surface area contributed by atoms with Crippen molar-refractivity contribution >= 4 is 51.8 Å². The fraction of sp³-hybridized carbons (Fsp3) is 0.346. The molecule has 0 radical (unpaired) electrons. The molecule has 1 aromatic carbocycles. The van der Waals surface area contributed by atoms with Gasteiger partial charge in [0, 0.05) is 37.5 Å². The summed E-state index contributed by atoms with van der Waals surface area (Å²) in [5.74, 6) is -0.459. The Morgan fingerprint density at radius 2 is 1.83 bits per heavy atom. The smallest absolute Gasteiger partial charge is 0.262 e. The Morgan fingerprint density at radius 3 is 2.56 bits per heavy atom. The molecule has 1 saturated heterocycles. The monoisotopic (exact) mass is 542 g/mol. The molecule has 5 rings (SSSR count). The molecule has 2 aliphatic rings. The molecule has 2 aromatic heterocycles. The van der Waals surface area contributed by atoms with Crippen molar-refractivity contribution in [2.24, 2.45) is 5.10 Å². The number of halogens is 1. The highest BCUT2D eigenvalue weighted by molar-refractivity contribution is 7.12. The normalized spacial score (nSPS) is 18.3. The Morgan fingerprint density at radius 1 is 1.06 bits per heavy atom. The van der Waals surface area contributed by atoms with E-state index in [1.165, 1.54) is 0 Å². The summed E-state index contributed by atoms with van der Waals surface area (Å²) in [6.07, 6.45) is 0.652. The molecule has 4 heterocycles. The van der Waals surface area contributed by atoms with E-state index in [0.717, 1.165) is 28.6 Å². The second-order valence-electron chi connectivity index (χ2n) is 8.66. The highest BCUT2D eigenvalue weighted by atomic mass is 35.5. The number of ether oxygens (including phenoxy) is 1. The van der Waals surface area contributed by atoms with E-state index in [0.29, 0.717) is 43.3 Å². The van der Waals surface area contributed by atoms with Crippen LogP contribution in [0.2, 0.25) is 5.02 Å². The Bertz CT molecular complexity index is 1210. The minimum Gasteiger partial charge on any atom is -0.379 e. The van der Waals surface area contributed by atoms with Gasteiger partial charge in [-0.1, -0.05) is 35.9 Å². The number of amides is 2. The predicted octanol–water partition coefficient (Wildman–Crippen LogP) is 4.62. The van der Waals surface area contributed by atoms with E-state index in [1.807, 2.05) is 35.0 Å². The van der Waals surface area contributed by atoms with Gasteiger partial charge in [0.2, 0.25) is 0 Å². The van der Waals surface area contributed by atoms with Crippen molar-refractivity contribution in [1.82, 2.24) is 14.8 Å². The van der Waals surface area contributed by atoms with Crippen LogP contribution in [0.4, 0.5) is 0 Å². The van der Waals surface area contributed by atoms with Gasteiger partial charge in [0.1, 0.15) is 6.54 Å². The number of rotatable bonds is 8. The lowest BCUT2D eigenvalue weighted by atomic mass is 10.1. The lowest BCUT2D eigenvalue weighted by molar-refractivity contribution is -0.133. The number of hydrazone groups is 1. The summed E-state index contributed by atoms with van der Waals surface area (Å²) in [5, 5.41) is 10.7. The van der Waals surface area contributed by atoms with Gasteiger partial charge in [0.15, 0.2) is 0 Å². The van der Waals surface area contributed by atoms with Crippen molar-refractivity contribution in [3.8, 4) is 0 Å². The maximum atomic E-state index is 13.7. The average Bonchev–Trinajstić information content (AvgIpc) is 3.68. The van der Waals surface area contributed by atoms with Crippen LogP contribution in [0.15, 0.2) is 64.4 Å². The first-order valence-electron chi connectivity index (χ1n) is 11.9. The Kier molecular flexibility index (Phi) is 8.13. The third kappa shape index (κ3) is 5.71. The number of carbonyl (C=O) groups excluding carboxylic acids is 2. The zero-order chi connectivity index (χ0) is 24.9. The van der Waals surface area contributed by atoms with Crippen molar-refractivity contribution in [3.05, 3.63) is 79.6 Å². The maximum absolute atomic E-state index is 13.7. The summed E-state index contributed by atoms with van der Waals surface area (Å²) in [6, 6.07) is 14.8. The first-order chi connectivity index (χ1) is 17.6. The van der Waals surface area contributed by atoms with E-state index >= 15 is 0 Å². The lowest BCUT2D eigenvalue weighted by Crippen LogP contribution is -2.46. The number of thiophene rings is 2. The molecule has 0 N–H and O–H groups in total. The van der Waals surface area contributed by atoms with E-state index in [-0.39, 0.29) is 24.4 Å². The summed E-state index contributed by atoms with van der Waals surface area (Å²) in [4.78, 5) is 33.2. The van der Waals surface area contributed by atoms with Crippen molar-refractivity contribution in [3.63, 3.8) is 0 Å². The van der Waals surface area contributed by atoms with Crippen LogP contribution in [-0.2, 0) is 9.53 Å². The Labute approximate surface area is 223 Å². The molecule has 7 nitrogen and oxygen atoms in total. The van der Waals surface area contributed by atoms with Crippen LogP contribution in [0.5, 0.6) is 0 Å². The number of carbonyl (C=O) groups is 2. The molecular weight excluding hydrogens is 516 g/mol. The number of benzene rings is 1. The maximum Gasteiger partial charge on any atom is 0.262 e. The highest BCUT2D eigenvalue weighted by Crippen LogP contribution is 2.36. The fourth-order valence-corrected chi connectivity index (χ4v) is 6.16. The van der Waals surface area contributed by atoms with Gasteiger partial charge in [-0.25, -0.2) is 5.01 Å². The van der Waals surface area contributed by atoms with Gasteiger partial charge in [-0.3, -0.25) is 14.5 Å². The van der Waals surface area contributed by atoms with Crippen LogP contribution < -0.4 is 0 Å². The van der Waals surface area contributed by atoms with Crippen LogP contribution in [0.3, 0.4) is 0 Å². The van der Waals surface area contributed by atoms with Crippen LogP contribution in [0.1, 0.15) is 32.6 Å². The zero-order valence-electron chi connectivity index (χ0n) is 19.7. The third-order valence-electron chi connectivity index (χ3n) is 6.35. The van der Waals surface area contributed by atoms with Crippen molar-refractivity contribution in [2.45, 2.75) is 12.5 Å². The third-order valence-corrected chi connectivity index (χ3v) is 8.57. The van der Waals surface area contributed by atoms with Crippen molar-refractivity contribution in [2.75, 3.05) is 45.9 Å². The summed E-state index contributed by atoms with van der Waals surface area (Å²) in [7, 11) is 0. The molecule has 0 aliphatic carbocycles. The predicted molar refractivity (Wildman–Crippen MR) is 144 cm³/mol. The number of hydrogen-bond donors (Lipinski definition) is 0. The summed E-state index contributed by atoms with van der Waals surface area (Å²) < 4.78 is 5.45. The Hall–Kier alpha value is -2.56. The molecule has 188 valence electrons. The topological polar surface area (TPSA) is 65.5 Å². The minimum atomic E-state index is -0.253. The molecule has 36 heavy (non-hydrogen) atoms. The first kappa shape index (κ1) is 25.1. The summed E-state index contributed by atoms with van der Waals surface area (Å²) >= 11 is 9.58. The summed E-state index contributed by atoms with van der Waals surface area (Å²) in [5.41, 5.74) is 1.29. The second kappa shape index (κ2) is 11.7. The van der Waals surface area contributed by atoms with E-state index in [1.54, 1.807) is 56.8 Å². The molecule has 3 aromatic rings. The number of nitrogens with zero attached hydrogens (tertiary/aromatic N) is 4. The van der Waals surface area contributed by atoms with E-state index < -0.39 is 0 Å². The van der Waals surface area contributed by atoms with E-state index in [2.05, 4.69) is 4.90 Å². The molecule has 0 saturated carbocycles. The molecule has 0 unspecified atom stereocenters. The molecule has 1 atom stereocenters. The number of hydrogen-bond acceptors (Lipinski definition) is 7. The Balaban J connectivity index is 1.38. The molecule has 2 aliphatic heterocycles. The largest absolute Gasteiger partial charge is 0.379 e. The summed E-state index contributed by atoms with van der Waals surface area (Å²) in [6.45, 7) is 3.96. The van der Waals surface area contributed by atoms with Gasteiger partial charge in [0.05, 0.1) is 40.4 Å². The van der Waals surface area contributed by atoms with Crippen LogP contribution in [-0.4, -0.2) is 78.3 Å². The minimum absolute atomic E-state index is 0.0719. The van der Waals surface area contributed by atoms with Gasteiger partial charge >= 0.3 is 0 Å². The molecule has 2 amide bonds. The molecular formula is C26H27ClN4O3S2. The van der Waals surface area contributed by atoms with Gasteiger partial charge in [-0.05, 0) is 35.0 Å². The van der Waals surface area contributed by atoms with E-state index in [4.69, 9.17) is 21.4 Å². The standard InChI is InChI=1S/C26H27ClN4O3S2/c27-20-6-2-1-5-19(20)26(33)30(10-9-29-11-13-34-14-12-29)18-25(32)31-22(24-8-4-16-36-24)17-21(28-31)23-7-3-15-35-23/h1-8,15-16,22H,9-14,17-18H2/t22-/m1/s1. The fourth-order valence-electron chi connectivity index (χ4n) is 4.41. The van der Waals surface area contributed by atoms with Crippen LogP contribution >= 0.6 is 34.3 Å². The zero-order valence-corrected chi connectivity index (χ0v) is 22.1. The molecule has 0 spiro atoms. The SMILES string of the molecule is O=C(c1ccccc1Cl)N(CCN1CCOCC1)CC(=O)N1N=C(c2cccs2)C[C@@H]1c1cccs1. The van der Waals surface area contributed by atoms with Gasteiger partial charge < -0.3 is 9.64 Å². The van der Waals surface area contributed by atoms with Crippen LogP contribution in [0, 0.1) is 0 Å². The van der Waals surface area contributed by atoms with Crippen molar-refractivity contribution in [1.29, 1.82) is 0 Å². The lowest BCUT2D eigenvalue weighted by Gasteiger charge is -2.31.